The molecule has 3 rings (SSSR count). The predicted octanol–water partition coefficient (Wildman–Crippen LogP) is 6.02. The smallest absolute Gasteiger partial charge is 0.189 e. The quantitative estimate of drug-likeness (QED) is 0.330. The minimum Gasteiger partial charge on any atom is -0.391 e. The Kier molecular flexibility index (Phi) is 8.23. The summed E-state index contributed by atoms with van der Waals surface area (Å²) in [6.07, 6.45) is 1.26. The number of hydrogen-bond donors (Lipinski definition) is 2. The number of benzene rings is 2. The van der Waals surface area contributed by atoms with Crippen LogP contribution in [0, 0.1) is 11.6 Å². The maximum Gasteiger partial charge on any atom is 0.189 e. The van der Waals surface area contributed by atoms with Crippen LogP contribution in [0.5, 0.6) is 0 Å². The molecule has 5 nitrogen and oxygen atoms in total. The molecule has 1 atom stereocenters. The molecular formula is C22H19Cl2F2N3O2S2. The lowest BCUT2D eigenvalue weighted by Gasteiger charge is -2.21. The van der Waals surface area contributed by atoms with Gasteiger partial charge < -0.3 is 10.0 Å². The molecule has 0 aliphatic heterocycles. The molecule has 174 valence electrons. The Hall–Kier alpha value is -2.33. The van der Waals surface area contributed by atoms with Crippen molar-refractivity contribution in [3.8, 4) is 0 Å². The molecule has 1 heterocycles. The van der Waals surface area contributed by atoms with E-state index in [0.717, 1.165) is 23.9 Å². The van der Waals surface area contributed by atoms with Gasteiger partial charge in [-0.05, 0) is 66.0 Å². The lowest BCUT2D eigenvalue weighted by molar-refractivity contribution is 0.569. The number of hydrogen-bond acceptors (Lipinski definition) is 6. The molecule has 0 saturated carbocycles. The number of pyridine rings is 1. The molecule has 0 saturated heterocycles. The maximum atomic E-state index is 14.8. The van der Waals surface area contributed by atoms with Crippen molar-refractivity contribution in [2.24, 2.45) is 0 Å². The van der Waals surface area contributed by atoms with Crippen LogP contribution < -0.4 is 10.0 Å². The molecular weight excluding hydrogens is 511 g/mol. The number of nitrogens with zero attached hydrogens (tertiary/aromatic N) is 1. The molecule has 33 heavy (non-hydrogen) atoms. The van der Waals surface area contributed by atoms with Gasteiger partial charge in [0.05, 0.1) is 15.7 Å². The first kappa shape index (κ1) is 25.3. The van der Waals surface area contributed by atoms with E-state index in [9.17, 15) is 17.2 Å². The Balaban J connectivity index is 2.14. The lowest BCUT2D eigenvalue weighted by atomic mass is 10.0. The van der Waals surface area contributed by atoms with Crippen LogP contribution in [0.2, 0.25) is 10.0 Å². The Morgan fingerprint density at radius 2 is 1.82 bits per heavy atom. The molecule has 2 N–H and O–H groups in total. The monoisotopic (exact) mass is 529 g/mol. The van der Waals surface area contributed by atoms with Crippen molar-refractivity contribution in [3.63, 3.8) is 0 Å². The summed E-state index contributed by atoms with van der Waals surface area (Å²) in [7, 11) is -2.54. The fourth-order valence-electron chi connectivity index (χ4n) is 2.96. The molecule has 3 aromatic rings. The molecule has 0 amide bonds. The molecule has 0 aliphatic rings. The van der Waals surface area contributed by atoms with Crippen molar-refractivity contribution in [1.29, 1.82) is 0 Å². The standard InChI is InChI=1S/C22H19Cl2F2N3O2S2/c1-13(27-2)12-32-29-21-10-17(19(24)11-28-21)22(18-9-15(25)5-8-20(18)26)33(30,31)16-6-3-14(23)4-7-16/h3-11,22,27H,1,12H2,2H3,(H,28,29). The third kappa shape index (κ3) is 5.97. The largest absolute Gasteiger partial charge is 0.391 e. The zero-order chi connectivity index (χ0) is 24.2. The second-order valence-electron chi connectivity index (χ2n) is 6.88. The molecule has 0 fully saturated rings. The van der Waals surface area contributed by atoms with E-state index in [0.29, 0.717) is 10.8 Å². The van der Waals surface area contributed by atoms with Gasteiger partial charge >= 0.3 is 0 Å². The first-order chi connectivity index (χ1) is 15.6. The zero-order valence-corrected chi connectivity index (χ0v) is 20.4. The second-order valence-corrected chi connectivity index (χ2v) is 10.5. The van der Waals surface area contributed by atoms with Gasteiger partial charge in [0, 0.05) is 29.5 Å². The van der Waals surface area contributed by atoms with E-state index in [2.05, 4.69) is 21.6 Å². The molecule has 11 heteroatoms. The van der Waals surface area contributed by atoms with Crippen molar-refractivity contribution < 1.29 is 17.2 Å². The van der Waals surface area contributed by atoms with E-state index in [1.165, 1.54) is 48.5 Å². The van der Waals surface area contributed by atoms with Crippen LogP contribution >= 0.6 is 35.1 Å². The fraction of sp³-hybridized carbons (Fsp3) is 0.136. The molecule has 0 spiro atoms. The van der Waals surface area contributed by atoms with Crippen LogP contribution in [0.4, 0.5) is 14.6 Å². The van der Waals surface area contributed by atoms with Gasteiger partial charge in [-0.25, -0.2) is 22.2 Å². The van der Waals surface area contributed by atoms with E-state index in [1.54, 1.807) is 7.05 Å². The summed E-state index contributed by atoms with van der Waals surface area (Å²) in [6.45, 7) is 3.81. The van der Waals surface area contributed by atoms with Crippen molar-refractivity contribution >= 4 is 50.8 Å². The summed E-state index contributed by atoms with van der Waals surface area (Å²) >= 11 is 13.5. The van der Waals surface area contributed by atoms with Crippen LogP contribution in [-0.2, 0) is 9.84 Å². The Morgan fingerprint density at radius 1 is 1.12 bits per heavy atom. The van der Waals surface area contributed by atoms with Crippen LogP contribution in [0.3, 0.4) is 0 Å². The first-order valence-corrected chi connectivity index (χ1v) is 12.8. The van der Waals surface area contributed by atoms with Gasteiger partial charge in [-0.2, -0.15) is 0 Å². The predicted molar refractivity (Wildman–Crippen MR) is 130 cm³/mol. The van der Waals surface area contributed by atoms with E-state index in [-0.39, 0.29) is 26.9 Å². The van der Waals surface area contributed by atoms with Crippen molar-refractivity contribution in [1.82, 2.24) is 10.3 Å². The third-order valence-electron chi connectivity index (χ3n) is 4.64. The molecule has 1 unspecified atom stereocenters. The Bertz CT molecular complexity index is 1270. The maximum absolute atomic E-state index is 14.8. The van der Waals surface area contributed by atoms with E-state index in [1.807, 2.05) is 0 Å². The highest BCUT2D eigenvalue weighted by molar-refractivity contribution is 8.00. The highest BCUT2D eigenvalue weighted by Crippen LogP contribution is 2.40. The van der Waals surface area contributed by atoms with Gasteiger partial charge in [-0.1, -0.05) is 29.8 Å². The van der Waals surface area contributed by atoms with Gasteiger partial charge in [0.2, 0.25) is 0 Å². The fourth-order valence-corrected chi connectivity index (χ4v) is 5.84. The van der Waals surface area contributed by atoms with Gasteiger partial charge in [-0.3, -0.25) is 0 Å². The molecule has 2 aromatic carbocycles. The van der Waals surface area contributed by atoms with Crippen LogP contribution in [0.15, 0.2) is 71.9 Å². The summed E-state index contributed by atoms with van der Waals surface area (Å²) in [5.74, 6) is -0.883. The van der Waals surface area contributed by atoms with E-state index < -0.39 is 26.7 Å². The normalized spacial score (nSPS) is 12.3. The highest BCUT2D eigenvalue weighted by atomic mass is 35.5. The highest BCUT2D eigenvalue weighted by Gasteiger charge is 2.35. The number of halogens is 4. The number of rotatable bonds is 9. The molecule has 1 aromatic heterocycles. The van der Waals surface area contributed by atoms with Crippen molar-refractivity contribution in [2.45, 2.75) is 10.1 Å². The third-order valence-corrected chi connectivity index (χ3v) is 8.11. The van der Waals surface area contributed by atoms with Crippen LogP contribution in [0.25, 0.3) is 0 Å². The number of anilines is 1. The zero-order valence-electron chi connectivity index (χ0n) is 17.3. The van der Waals surface area contributed by atoms with Gasteiger partial charge in [-0.15, -0.1) is 0 Å². The summed E-state index contributed by atoms with van der Waals surface area (Å²) in [4.78, 5) is 4.03. The van der Waals surface area contributed by atoms with Crippen LogP contribution in [0.1, 0.15) is 16.4 Å². The van der Waals surface area contributed by atoms with E-state index in [4.69, 9.17) is 23.2 Å². The summed E-state index contributed by atoms with van der Waals surface area (Å²) in [5.41, 5.74) is 0.425. The minimum atomic E-state index is -4.28. The Labute approximate surface area is 205 Å². The van der Waals surface area contributed by atoms with Gasteiger partial charge in [0.15, 0.2) is 9.84 Å². The van der Waals surface area contributed by atoms with Crippen molar-refractivity contribution in [3.05, 3.63) is 99.8 Å². The summed E-state index contributed by atoms with van der Waals surface area (Å²) < 4.78 is 59.2. The topological polar surface area (TPSA) is 71.1 Å². The molecule has 0 bridgehead atoms. The average Bonchev–Trinajstić information content (AvgIpc) is 2.78. The number of sulfone groups is 1. The van der Waals surface area contributed by atoms with Gasteiger partial charge in [0.1, 0.15) is 22.7 Å². The minimum absolute atomic E-state index is 0.0172. The molecule has 0 radical (unpaired) electrons. The number of nitrogens with one attached hydrogen (secondary N) is 2. The lowest BCUT2D eigenvalue weighted by Crippen LogP contribution is -2.18. The summed E-state index contributed by atoms with van der Waals surface area (Å²) in [5, 5.41) is 1.58. The van der Waals surface area contributed by atoms with Crippen molar-refractivity contribution in [2.75, 3.05) is 17.5 Å². The number of aromatic nitrogens is 1. The SMILES string of the molecule is C=C(CSNc1cc(C(c2cc(F)ccc2F)S(=O)(=O)c2ccc(Cl)cc2)c(Cl)cn1)NC. The average molecular weight is 530 g/mol. The van der Waals surface area contributed by atoms with Gasteiger partial charge in [0.25, 0.3) is 0 Å². The second kappa shape index (κ2) is 10.7. The van der Waals surface area contributed by atoms with E-state index >= 15 is 0 Å². The molecule has 0 aliphatic carbocycles. The Morgan fingerprint density at radius 3 is 2.48 bits per heavy atom. The first-order valence-electron chi connectivity index (χ1n) is 9.46. The summed E-state index contributed by atoms with van der Waals surface area (Å²) in [6, 6.07) is 9.45. The van der Waals surface area contributed by atoms with Crippen LogP contribution in [-0.4, -0.2) is 26.2 Å².